The van der Waals surface area contributed by atoms with Crippen molar-refractivity contribution >= 4 is 45.0 Å². The predicted molar refractivity (Wildman–Crippen MR) is 132 cm³/mol. The number of likely N-dealkylation sites (tertiary alicyclic amines) is 1. The number of rotatable bonds is 5. The Hall–Kier alpha value is -2.98. The largest absolute Gasteiger partial charge is 1.00 e. The average Bonchev–Trinajstić information content (AvgIpc) is 3.44. The Kier molecular flexibility index (Phi) is 6.50. The molecule has 3 heterocycles. The maximum atomic E-state index is 13.3. The van der Waals surface area contributed by atoms with Crippen LogP contribution in [0.15, 0.2) is 36.4 Å². The van der Waals surface area contributed by atoms with Gasteiger partial charge in [0.2, 0.25) is 5.91 Å². The van der Waals surface area contributed by atoms with Gasteiger partial charge in [0.05, 0.1) is 12.5 Å². The molecule has 0 spiro atoms. The van der Waals surface area contributed by atoms with Gasteiger partial charge in [0.15, 0.2) is 10.6 Å². The molecule has 1 aliphatic carbocycles. The highest BCUT2D eigenvalue weighted by molar-refractivity contribution is 7.21. The van der Waals surface area contributed by atoms with Gasteiger partial charge in [-0.25, -0.2) is 15.0 Å². The topological polar surface area (TPSA) is 110 Å². The van der Waals surface area contributed by atoms with Crippen LogP contribution in [0.3, 0.4) is 0 Å². The van der Waals surface area contributed by atoms with E-state index in [1.807, 2.05) is 6.07 Å². The first-order valence-electron chi connectivity index (χ1n) is 11.9. The minimum Gasteiger partial charge on any atom is -1.00 e. The third kappa shape index (κ3) is 3.96. The zero-order valence-corrected chi connectivity index (χ0v) is 21.4. The van der Waals surface area contributed by atoms with Crippen LogP contribution >= 0.6 is 11.3 Å². The molecule has 1 aromatic heterocycles. The second-order valence-corrected chi connectivity index (χ2v) is 10.6. The molecule has 1 saturated heterocycles. The lowest BCUT2D eigenvalue weighted by atomic mass is 9.77. The fraction of sp³-hybridized carbons (Fsp3) is 0.346. The van der Waals surface area contributed by atoms with E-state index in [0.717, 1.165) is 41.8 Å². The van der Waals surface area contributed by atoms with E-state index in [4.69, 9.17) is 10.5 Å². The molecule has 8 nitrogen and oxygen atoms in total. The van der Waals surface area contributed by atoms with Crippen molar-refractivity contribution in [1.29, 1.82) is 0 Å². The number of halogens is 1. The van der Waals surface area contributed by atoms with Crippen molar-refractivity contribution in [3.8, 4) is 5.75 Å². The van der Waals surface area contributed by atoms with Crippen molar-refractivity contribution < 1.29 is 36.8 Å². The first-order chi connectivity index (χ1) is 16.9. The van der Waals surface area contributed by atoms with Gasteiger partial charge in [-0.05, 0) is 54.2 Å². The summed E-state index contributed by atoms with van der Waals surface area (Å²) in [5, 5.41) is 2.35. The van der Waals surface area contributed by atoms with Crippen LogP contribution in [0.5, 0.6) is 5.75 Å². The van der Waals surface area contributed by atoms with Gasteiger partial charge in [0, 0.05) is 42.4 Å². The number of thiophene rings is 1. The Bertz CT molecular complexity index is 1390. The quantitative estimate of drug-likeness (QED) is 0.463. The molecular formula is C26H27ClN4O4S. The van der Waals surface area contributed by atoms with E-state index in [2.05, 4.69) is 17.0 Å². The predicted octanol–water partition coefficient (Wildman–Crippen LogP) is -0.555. The van der Waals surface area contributed by atoms with Gasteiger partial charge < -0.3 is 27.8 Å². The van der Waals surface area contributed by atoms with Crippen molar-refractivity contribution in [2.24, 2.45) is 11.7 Å². The van der Waals surface area contributed by atoms with Crippen LogP contribution in [0, 0.1) is 5.92 Å². The molecular weight excluding hydrogens is 500 g/mol. The molecule has 0 unspecified atom stereocenters. The number of hydrogen-bond donors (Lipinski definition) is 2. The SMILES string of the molecule is COc1cccc2c1CC[C@H]1CN(CCN3C(=O)[NH2+]c4c(sc5cc(C(N)=O)ccc45)C3=O)C[C@@H]21.[Cl-]. The molecule has 10 heteroatoms. The highest BCUT2D eigenvalue weighted by Crippen LogP contribution is 2.44. The van der Waals surface area contributed by atoms with Crippen LogP contribution in [0.25, 0.3) is 10.1 Å². The van der Waals surface area contributed by atoms with Crippen molar-refractivity contribution in [3.63, 3.8) is 0 Å². The van der Waals surface area contributed by atoms with E-state index in [9.17, 15) is 14.4 Å². The number of amides is 4. The Morgan fingerprint density at radius 1 is 1.19 bits per heavy atom. The van der Waals surface area contributed by atoms with Gasteiger partial charge in [-0.15, -0.1) is 11.3 Å². The van der Waals surface area contributed by atoms with E-state index in [-0.39, 0.29) is 24.3 Å². The molecule has 0 saturated carbocycles. The molecule has 36 heavy (non-hydrogen) atoms. The minimum atomic E-state index is -0.515. The van der Waals surface area contributed by atoms with E-state index in [0.29, 0.717) is 41.1 Å². The number of fused-ring (bicyclic) bond motifs is 6. The smallest absolute Gasteiger partial charge is 0.428 e. The highest BCUT2D eigenvalue weighted by atomic mass is 35.5. The van der Waals surface area contributed by atoms with E-state index >= 15 is 0 Å². The van der Waals surface area contributed by atoms with Crippen LogP contribution in [0.4, 0.5) is 10.5 Å². The molecule has 0 radical (unpaired) electrons. The molecule has 2 aromatic carbocycles. The van der Waals surface area contributed by atoms with Crippen LogP contribution in [0.2, 0.25) is 0 Å². The summed E-state index contributed by atoms with van der Waals surface area (Å²) in [6, 6.07) is 11.1. The highest BCUT2D eigenvalue weighted by Gasteiger charge is 2.41. The number of benzene rings is 2. The molecule has 4 N–H and O–H groups in total. The lowest BCUT2D eigenvalue weighted by molar-refractivity contribution is -0.471. The standard InChI is InChI=1S/C26H26N4O4S.ClH/c1-34-20-4-2-3-16-17(20)7-6-15-12-29(13-19(15)16)9-10-30-25(32)23-22(28-26(30)33)18-8-5-14(24(27)31)11-21(18)35-23;/h2-5,8,11,15,19H,6-7,9-10,12-13H2,1H3,(H2,27,31)(H,28,33);1H/t15-,19+;/m0./s1. The monoisotopic (exact) mass is 526 g/mol. The van der Waals surface area contributed by atoms with Gasteiger partial charge in [-0.2, -0.15) is 0 Å². The summed E-state index contributed by atoms with van der Waals surface area (Å²) < 4.78 is 6.37. The van der Waals surface area contributed by atoms with Gasteiger partial charge in [0.25, 0.3) is 5.91 Å². The molecule has 1 fully saturated rings. The maximum absolute atomic E-state index is 13.3. The summed E-state index contributed by atoms with van der Waals surface area (Å²) in [6.07, 6.45) is 2.15. The Balaban J connectivity index is 0.00000267. The Morgan fingerprint density at radius 3 is 2.81 bits per heavy atom. The molecule has 3 aromatic rings. The number of methoxy groups -OCH3 is 1. The van der Waals surface area contributed by atoms with E-state index in [1.165, 1.54) is 27.4 Å². The van der Waals surface area contributed by atoms with Gasteiger partial charge in [-0.3, -0.25) is 9.59 Å². The summed E-state index contributed by atoms with van der Waals surface area (Å²) in [6.45, 7) is 2.92. The summed E-state index contributed by atoms with van der Waals surface area (Å²) >= 11 is 1.31. The third-order valence-corrected chi connectivity index (χ3v) is 8.85. The first-order valence-corrected chi connectivity index (χ1v) is 12.7. The number of nitrogens with zero attached hydrogens (tertiary/aromatic N) is 2. The molecule has 188 valence electrons. The number of carbonyl (C=O) groups excluding carboxylic acids is 3. The number of urea groups is 1. The summed E-state index contributed by atoms with van der Waals surface area (Å²) in [4.78, 5) is 42.0. The van der Waals surface area contributed by atoms with E-state index in [1.54, 1.807) is 30.6 Å². The Labute approximate surface area is 218 Å². The van der Waals surface area contributed by atoms with Crippen molar-refractivity contribution in [2.75, 3.05) is 33.3 Å². The van der Waals surface area contributed by atoms with Crippen molar-refractivity contribution in [1.82, 2.24) is 9.80 Å². The molecule has 0 bridgehead atoms. The molecule has 6 rings (SSSR count). The Morgan fingerprint density at radius 2 is 2.03 bits per heavy atom. The van der Waals surface area contributed by atoms with Crippen LogP contribution < -0.4 is 28.2 Å². The number of quaternary nitrogens is 1. The van der Waals surface area contributed by atoms with Crippen molar-refractivity contribution in [2.45, 2.75) is 18.8 Å². The normalized spacial score (nSPS) is 21.1. The first kappa shape index (κ1) is 24.7. The molecule has 3 aliphatic rings. The zero-order chi connectivity index (χ0) is 24.3. The van der Waals surface area contributed by atoms with Crippen LogP contribution in [-0.4, -0.2) is 60.9 Å². The number of hydrogen-bond acceptors (Lipinski definition) is 6. The minimum absolute atomic E-state index is 0. The second-order valence-electron chi connectivity index (χ2n) is 9.55. The van der Waals surface area contributed by atoms with Gasteiger partial charge in [0.1, 0.15) is 5.75 Å². The third-order valence-electron chi connectivity index (χ3n) is 7.70. The zero-order valence-electron chi connectivity index (χ0n) is 19.8. The lowest BCUT2D eigenvalue weighted by Crippen LogP contribution is -3.00. The fourth-order valence-corrected chi connectivity index (χ4v) is 7.13. The average molecular weight is 527 g/mol. The number of ether oxygens (including phenoxy) is 1. The van der Waals surface area contributed by atoms with E-state index < -0.39 is 5.91 Å². The summed E-state index contributed by atoms with van der Waals surface area (Å²) in [5.74, 6) is 1.24. The number of nitrogens with two attached hydrogens (primary N) is 2. The number of primary amides is 2. The lowest BCUT2D eigenvalue weighted by Gasteiger charge is -2.28. The van der Waals surface area contributed by atoms with Gasteiger partial charge in [-0.1, -0.05) is 12.1 Å². The van der Waals surface area contributed by atoms with Crippen LogP contribution in [-0.2, 0) is 6.42 Å². The van der Waals surface area contributed by atoms with Crippen molar-refractivity contribution in [3.05, 3.63) is 58.0 Å². The maximum Gasteiger partial charge on any atom is 0.428 e. The van der Waals surface area contributed by atoms with Gasteiger partial charge >= 0.3 is 6.03 Å². The second kappa shape index (κ2) is 9.48. The summed E-state index contributed by atoms with van der Waals surface area (Å²) in [5.41, 5.74) is 9.14. The number of carbonyl (C=O) groups is 3. The fourth-order valence-electron chi connectivity index (χ4n) is 5.96. The molecule has 2 aliphatic heterocycles. The molecule has 2 atom stereocenters. The molecule has 4 amide bonds. The number of imide groups is 1. The summed E-state index contributed by atoms with van der Waals surface area (Å²) in [7, 11) is 1.73. The van der Waals surface area contributed by atoms with Crippen LogP contribution in [0.1, 0.15) is 43.5 Å².